The average molecular weight is 832 g/mol. The summed E-state index contributed by atoms with van der Waals surface area (Å²) < 4.78 is 20.3. The molecular formula is C35H61N9O14. The van der Waals surface area contributed by atoms with Crippen LogP contribution in [-0.4, -0.2) is 126 Å². The van der Waals surface area contributed by atoms with Crippen LogP contribution >= 0.6 is 0 Å². The smallest absolute Gasteiger partial charge is 0.347 e. The topological polar surface area (TPSA) is 389 Å². The van der Waals surface area contributed by atoms with Crippen LogP contribution < -0.4 is 44.6 Å². The predicted molar refractivity (Wildman–Crippen MR) is 204 cm³/mol. The van der Waals surface area contributed by atoms with Crippen LogP contribution in [0.1, 0.15) is 92.9 Å². The molecule has 23 heteroatoms. The molecule has 8 atom stereocenters. The minimum absolute atomic E-state index is 0.00489. The largest absolute Gasteiger partial charge is 0.480 e. The van der Waals surface area contributed by atoms with Crippen LogP contribution in [0.5, 0.6) is 0 Å². The van der Waals surface area contributed by atoms with Crippen LogP contribution in [0.25, 0.3) is 0 Å². The zero-order valence-corrected chi connectivity index (χ0v) is 33.9. The van der Waals surface area contributed by atoms with Crippen molar-refractivity contribution < 1.29 is 67.2 Å². The average Bonchev–Trinajstić information content (AvgIpc) is 3.13. The molecule has 4 amide bonds. The Bertz CT molecular complexity index is 1460. The van der Waals surface area contributed by atoms with Gasteiger partial charge < -0.3 is 68.7 Å². The van der Waals surface area contributed by atoms with E-state index >= 15 is 0 Å². The molecule has 330 valence electrons. The number of rotatable bonds is 28. The lowest BCUT2D eigenvalue weighted by molar-refractivity contribution is -0.183. The maximum absolute atomic E-state index is 13.4. The molecule has 0 aromatic heterocycles. The molecule has 14 N–H and O–H groups in total. The summed E-state index contributed by atoms with van der Waals surface area (Å²) in [4.78, 5) is 116. The van der Waals surface area contributed by atoms with E-state index in [0.29, 0.717) is 19.4 Å². The summed E-state index contributed by atoms with van der Waals surface area (Å²) in [7, 11) is 0. The van der Waals surface area contributed by atoms with Crippen LogP contribution in [0.3, 0.4) is 0 Å². The Morgan fingerprint density at radius 3 is 1.52 bits per heavy atom. The molecule has 0 unspecified atom stereocenters. The van der Waals surface area contributed by atoms with Gasteiger partial charge in [-0.05, 0) is 85.1 Å². The van der Waals surface area contributed by atoms with Crippen molar-refractivity contribution in [2.24, 2.45) is 39.6 Å². The summed E-state index contributed by atoms with van der Waals surface area (Å²) in [6.07, 6.45) is -5.23. The zero-order valence-electron chi connectivity index (χ0n) is 33.9. The van der Waals surface area contributed by atoms with Gasteiger partial charge in [0.05, 0.1) is 6.04 Å². The van der Waals surface area contributed by atoms with Gasteiger partial charge in [-0.3, -0.25) is 24.2 Å². The van der Waals surface area contributed by atoms with Crippen molar-refractivity contribution >= 4 is 59.4 Å². The molecule has 0 aromatic carbocycles. The van der Waals surface area contributed by atoms with Crippen molar-refractivity contribution in [2.75, 3.05) is 13.1 Å². The number of aliphatic imine (C=N–C) groups is 1. The number of nitrogens with zero attached hydrogens (tertiary/aromatic N) is 1. The van der Waals surface area contributed by atoms with Gasteiger partial charge in [0, 0.05) is 13.0 Å². The minimum atomic E-state index is -1.63. The van der Waals surface area contributed by atoms with Crippen LogP contribution in [0.2, 0.25) is 0 Å². The quantitative estimate of drug-likeness (QED) is 0.0125. The fourth-order valence-electron chi connectivity index (χ4n) is 4.74. The van der Waals surface area contributed by atoms with E-state index in [4.69, 9.17) is 47.6 Å². The van der Waals surface area contributed by atoms with Crippen LogP contribution in [-0.2, 0) is 62.1 Å². The van der Waals surface area contributed by atoms with Gasteiger partial charge in [0.25, 0.3) is 5.91 Å². The lowest BCUT2D eigenvalue weighted by Crippen LogP contribution is -2.55. The number of ether oxygens (including phenoxy) is 4. The van der Waals surface area contributed by atoms with E-state index in [0.717, 1.165) is 20.8 Å². The molecule has 0 aliphatic carbocycles. The van der Waals surface area contributed by atoms with E-state index in [1.807, 2.05) is 0 Å². The molecule has 0 bridgehead atoms. The molecule has 23 nitrogen and oxygen atoms in total. The van der Waals surface area contributed by atoms with Crippen LogP contribution in [0, 0.1) is 5.92 Å². The predicted octanol–water partition coefficient (Wildman–Crippen LogP) is -2.93. The lowest BCUT2D eigenvalue weighted by atomic mass is 10.0. The number of unbranched alkanes of at least 4 members (excludes halogenated alkanes) is 1. The number of carboxylic acids is 1. The Kier molecular flexibility index (Phi) is 24.5. The van der Waals surface area contributed by atoms with Gasteiger partial charge in [0.2, 0.25) is 17.7 Å². The number of carboxylic acid groups (broad SMARTS) is 1. The molecule has 0 aromatic rings. The number of carbonyl (C=O) groups excluding carboxylic acids is 8. The third kappa shape index (κ3) is 21.6. The highest BCUT2D eigenvalue weighted by Gasteiger charge is 2.34. The summed E-state index contributed by atoms with van der Waals surface area (Å²) in [5.74, 6) is -9.43. The summed E-state index contributed by atoms with van der Waals surface area (Å²) in [5, 5.41) is 16.6. The second-order valence-corrected chi connectivity index (χ2v) is 13.8. The van der Waals surface area contributed by atoms with Gasteiger partial charge in [-0.15, -0.1) is 0 Å². The summed E-state index contributed by atoms with van der Waals surface area (Å²) in [6.45, 7) is 8.50. The standard InChI is InChI=1S/C35H61N9O14/c1-17(2)16-25(44-29(48)23(11-9-15-41-35(39)40)42-28(47)22(37)12-13-26(38)45)34(54)58-21(6)33(53)57-20(5)32(52)56-19(4)31(51)55-18(3)27(46)43-24(30(49)50)10-7-8-14-36/h17-25H,7-16,36-37H2,1-6H3,(H2,38,45)(H,42,47)(H,43,46)(H,44,48)(H,49,50)(H4,39,40,41)/t18-,19-,20-,21-,22+,23+,24+,25+/m1/s1. The molecular weight excluding hydrogens is 770 g/mol. The van der Waals surface area contributed by atoms with Crippen molar-refractivity contribution in [1.29, 1.82) is 0 Å². The van der Waals surface area contributed by atoms with E-state index in [9.17, 15) is 48.3 Å². The number of hydrogen-bond donors (Lipinski definition) is 9. The number of amides is 4. The molecule has 0 saturated carbocycles. The van der Waals surface area contributed by atoms with E-state index in [1.165, 1.54) is 6.92 Å². The number of primary amides is 1. The second-order valence-electron chi connectivity index (χ2n) is 13.8. The molecule has 0 radical (unpaired) electrons. The molecule has 0 aliphatic rings. The van der Waals surface area contributed by atoms with E-state index in [-0.39, 0.29) is 56.9 Å². The Balaban J connectivity index is 5.48. The fraction of sp³-hybridized carbons (Fsp3) is 0.714. The number of nitrogens with two attached hydrogens (primary N) is 5. The number of guanidine groups is 1. The maximum Gasteiger partial charge on any atom is 0.347 e. The molecule has 0 rings (SSSR count). The van der Waals surface area contributed by atoms with Gasteiger partial charge in [0.1, 0.15) is 18.1 Å². The highest BCUT2D eigenvalue weighted by Crippen LogP contribution is 2.12. The molecule has 0 heterocycles. The van der Waals surface area contributed by atoms with Gasteiger partial charge >= 0.3 is 29.8 Å². The van der Waals surface area contributed by atoms with Crippen molar-refractivity contribution in [3.05, 3.63) is 0 Å². The number of aliphatic carboxylic acids is 1. The molecule has 0 aliphatic heterocycles. The molecule has 58 heavy (non-hydrogen) atoms. The minimum Gasteiger partial charge on any atom is -0.480 e. The first-order valence-electron chi connectivity index (χ1n) is 18.8. The van der Waals surface area contributed by atoms with Gasteiger partial charge in [0.15, 0.2) is 30.4 Å². The Labute approximate surface area is 336 Å². The third-order valence-electron chi connectivity index (χ3n) is 8.02. The zero-order chi connectivity index (χ0) is 44.7. The highest BCUT2D eigenvalue weighted by atomic mass is 16.6. The summed E-state index contributed by atoms with van der Waals surface area (Å²) >= 11 is 0. The number of carbonyl (C=O) groups is 9. The number of nitrogens with one attached hydrogen (secondary N) is 3. The van der Waals surface area contributed by atoms with Gasteiger partial charge in [-0.2, -0.15) is 0 Å². The molecule has 0 spiro atoms. The van der Waals surface area contributed by atoms with Crippen molar-refractivity contribution in [3.63, 3.8) is 0 Å². The monoisotopic (exact) mass is 831 g/mol. The number of esters is 4. The molecule has 0 fully saturated rings. The van der Waals surface area contributed by atoms with Crippen molar-refractivity contribution in [3.8, 4) is 0 Å². The van der Waals surface area contributed by atoms with Crippen LogP contribution in [0.4, 0.5) is 0 Å². The summed E-state index contributed by atoms with van der Waals surface area (Å²) in [5.41, 5.74) is 27.1. The highest BCUT2D eigenvalue weighted by molar-refractivity contribution is 5.93. The van der Waals surface area contributed by atoms with E-state index in [1.54, 1.807) is 13.8 Å². The maximum atomic E-state index is 13.4. The van der Waals surface area contributed by atoms with Crippen LogP contribution in [0.15, 0.2) is 4.99 Å². The fourth-order valence-corrected chi connectivity index (χ4v) is 4.74. The first-order chi connectivity index (χ1) is 27.0. The lowest BCUT2D eigenvalue weighted by Gasteiger charge is -2.25. The van der Waals surface area contributed by atoms with Gasteiger partial charge in [-0.25, -0.2) is 24.0 Å². The number of hydrogen-bond acceptors (Lipinski definition) is 16. The molecule has 0 saturated heterocycles. The first-order valence-corrected chi connectivity index (χ1v) is 18.8. The third-order valence-corrected chi connectivity index (χ3v) is 8.02. The first kappa shape index (κ1) is 52.4. The van der Waals surface area contributed by atoms with E-state index in [2.05, 4.69) is 20.9 Å². The SMILES string of the molecule is CC(C)C[C@H](NC(=O)[C@H](CCCN=C(N)N)NC(=O)[C@@H](N)CCC(N)=O)C(=O)O[C@H](C)C(=O)O[C@H](C)C(=O)O[C@H](C)C(=O)O[C@H](C)C(=O)N[C@@H](CCCCN)C(=O)O. The Morgan fingerprint density at radius 2 is 1.05 bits per heavy atom. The van der Waals surface area contributed by atoms with Crippen molar-refractivity contribution in [2.45, 2.75) is 141 Å². The summed E-state index contributed by atoms with van der Waals surface area (Å²) in [6, 6.07) is -4.99. The van der Waals surface area contributed by atoms with Crippen molar-refractivity contribution in [1.82, 2.24) is 16.0 Å². The second kappa shape index (κ2) is 27.1. The van der Waals surface area contributed by atoms with Gasteiger partial charge in [-0.1, -0.05) is 13.8 Å². The Morgan fingerprint density at radius 1 is 0.586 bits per heavy atom. The normalized spacial score (nSPS) is 15.1. The van der Waals surface area contributed by atoms with E-state index < -0.39 is 102 Å². The Hall–Kier alpha value is -5.58.